The lowest BCUT2D eigenvalue weighted by atomic mass is 9.96. The third kappa shape index (κ3) is 3.57. The number of nitrogens with zero attached hydrogens (tertiary/aromatic N) is 4. The van der Waals surface area contributed by atoms with Crippen molar-refractivity contribution in [3.8, 4) is 17.1 Å². The molecule has 1 amide bonds. The van der Waals surface area contributed by atoms with Gasteiger partial charge in [0.2, 0.25) is 11.7 Å². The van der Waals surface area contributed by atoms with Crippen LogP contribution in [0.2, 0.25) is 0 Å². The van der Waals surface area contributed by atoms with Crippen LogP contribution in [0.4, 0.5) is 6.01 Å². The van der Waals surface area contributed by atoms with Crippen molar-refractivity contribution in [1.29, 1.82) is 0 Å². The van der Waals surface area contributed by atoms with Gasteiger partial charge in [0.1, 0.15) is 5.75 Å². The Morgan fingerprint density at radius 3 is 2.52 bits per heavy atom. The van der Waals surface area contributed by atoms with Gasteiger partial charge in [0, 0.05) is 43.7 Å². The molecule has 0 radical (unpaired) electrons. The molecule has 29 heavy (non-hydrogen) atoms. The molecule has 0 spiro atoms. The first-order valence-corrected chi connectivity index (χ1v) is 10.3. The molecule has 2 aliphatic heterocycles. The maximum absolute atomic E-state index is 12.6. The van der Waals surface area contributed by atoms with Gasteiger partial charge in [0.05, 0.1) is 7.11 Å². The lowest BCUT2D eigenvalue weighted by Crippen LogP contribution is -2.42. The van der Waals surface area contributed by atoms with Crippen LogP contribution in [0.5, 0.6) is 5.75 Å². The highest BCUT2D eigenvalue weighted by Gasteiger charge is 2.55. The summed E-state index contributed by atoms with van der Waals surface area (Å²) in [5, 5.41) is 7.40. The largest absolute Gasteiger partial charge is 0.497 e. The molecule has 1 saturated carbocycles. The van der Waals surface area contributed by atoms with Crippen LogP contribution in [-0.4, -0.2) is 67.3 Å². The number of hydrogen-bond acceptors (Lipinski definition) is 7. The van der Waals surface area contributed by atoms with Gasteiger partial charge in [0.25, 0.3) is 0 Å². The van der Waals surface area contributed by atoms with Crippen LogP contribution in [0.15, 0.2) is 28.8 Å². The fraction of sp³-hybridized carbons (Fsp3) is 0.571. The quantitative estimate of drug-likeness (QED) is 0.821. The number of ether oxygens (including phenoxy) is 1. The predicted octanol–water partition coefficient (Wildman–Crippen LogP) is 1.64. The average Bonchev–Trinajstić information content (AvgIpc) is 3.12. The third-order valence-electron chi connectivity index (χ3n) is 6.59. The fourth-order valence-corrected chi connectivity index (χ4v) is 4.77. The van der Waals surface area contributed by atoms with Crippen LogP contribution in [0.1, 0.15) is 12.8 Å². The van der Waals surface area contributed by atoms with E-state index >= 15 is 0 Å². The van der Waals surface area contributed by atoms with Crippen LogP contribution in [0.3, 0.4) is 0 Å². The SMILES string of the molecule is COc1ccc(-c2noc(N3CCC(C(=O)NC4[C@H]5CN(C)C[C@@H]45)CC3)n2)cc1. The summed E-state index contributed by atoms with van der Waals surface area (Å²) in [6.45, 7) is 3.73. The number of hydrogen-bond donors (Lipinski definition) is 1. The maximum atomic E-state index is 12.6. The second-order valence-corrected chi connectivity index (χ2v) is 8.47. The Balaban J connectivity index is 1.14. The first-order valence-electron chi connectivity index (χ1n) is 10.3. The molecule has 0 bridgehead atoms. The summed E-state index contributed by atoms with van der Waals surface area (Å²) >= 11 is 0. The normalized spacial score (nSPS) is 27.0. The van der Waals surface area contributed by atoms with E-state index in [1.54, 1.807) is 7.11 Å². The Labute approximate surface area is 170 Å². The Morgan fingerprint density at radius 2 is 1.86 bits per heavy atom. The Hall–Kier alpha value is -2.61. The van der Waals surface area contributed by atoms with Gasteiger partial charge in [-0.15, -0.1) is 0 Å². The maximum Gasteiger partial charge on any atom is 0.324 e. The predicted molar refractivity (Wildman–Crippen MR) is 108 cm³/mol. The first kappa shape index (κ1) is 18.4. The second kappa shape index (κ2) is 7.33. The molecular weight excluding hydrogens is 370 g/mol. The number of carbonyl (C=O) groups excluding carboxylic acids is 1. The van der Waals surface area contributed by atoms with Gasteiger partial charge in [0.15, 0.2) is 0 Å². The molecule has 1 aliphatic carbocycles. The van der Waals surface area contributed by atoms with Crippen LogP contribution < -0.4 is 15.0 Å². The Morgan fingerprint density at radius 1 is 1.17 bits per heavy atom. The van der Waals surface area contributed by atoms with Crippen LogP contribution in [-0.2, 0) is 4.79 Å². The topological polar surface area (TPSA) is 83.7 Å². The van der Waals surface area contributed by atoms with Crippen molar-refractivity contribution in [3.05, 3.63) is 24.3 Å². The molecule has 8 nitrogen and oxygen atoms in total. The molecule has 2 saturated heterocycles. The number of likely N-dealkylation sites (tertiary alicyclic amines) is 1. The lowest BCUT2D eigenvalue weighted by Gasteiger charge is -2.30. The summed E-state index contributed by atoms with van der Waals surface area (Å²) in [7, 11) is 3.79. The van der Waals surface area contributed by atoms with Crippen molar-refractivity contribution in [2.75, 3.05) is 45.2 Å². The summed E-state index contributed by atoms with van der Waals surface area (Å²) in [5.41, 5.74) is 0.885. The van der Waals surface area contributed by atoms with Gasteiger partial charge >= 0.3 is 6.01 Å². The number of piperidine rings is 2. The summed E-state index contributed by atoms with van der Waals surface area (Å²) < 4.78 is 10.7. The third-order valence-corrected chi connectivity index (χ3v) is 6.59. The minimum absolute atomic E-state index is 0.0780. The Bertz CT molecular complexity index is 863. The highest BCUT2D eigenvalue weighted by molar-refractivity contribution is 5.79. The smallest absolute Gasteiger partial charge is 0.324 e. The van der Waals surface area contributed by atoms with E-state index in [1.165, 1.54) is 0 Å². The highest BCUT2D eigenvalue weighted by Crippen LogP contribution is 2.45. The molecule has 1 aromatic heterocycles. The summed E-state index contributed by atoms with van der Waals surface area (Å²) in [6, 6.07) is 8.50. The van der Waals surface area contributed by atoms with E-state index in [-0.39, 0.29) is 11.8 Å². The molecule has 2 aromatic rings. The van der Waals surface area contributed by atoms with Crippen LogP contribution in [0, 0.1) is 17.8 Å². The van der Waals surface area contributed by atoms with Crippen LogP contribution >= 0.6 is 0 Å². The van der Waals surface area contributed by atoms with E-state index in [4.69, 9.17) is 9.26 Å². The van der Waals surface area contributed by atoms with Crippen molar-refractivity contribution in [3.63, 3.8) is 0 Å². The summed E-state index contributed by atoms with van der Waals surface area (Å²) in [6.07, 6.45) is 1.63. The first-order chi connectivity index (χ1) is 14.1. The fourth-order valence-electron chi connectivity index (χ4n) is 4.77. The number of benzene rings is 1. The molecule has 1 N–H and O–H groups in total. The van der Waals surface area contributed by atoms with E-state index < -0.39 is 0 Å². The van der Waals surface area contributed by atoms with E-state index in [2.05, 4.69) is 32.3 Å². The molecule has 1 unspecified atom stereocenters. The van der Waals surface area contributed by atoms with Crippen molar-refractivity contribution >= 4 is 11.9 Å². The molecule has 1 aromatic carbocycles. The van der Waals surface area contributed by atoms with E-state index in [1.807, 2.05) is 24.3 Å². The number of anilines is 1. The summed E-state index contributed by atoms with van der Waals surface area (Å²) in [4.78, 5) is 21.6. The summed E-state index contributed by atoms with van der Waals surface area (Å²) in [5.74, 6) is 2.98. The minimum Gasteiger partial charge on any atom is -0.497 e. The lowest BCUT2D eigenvalue weighted by molar-refractivity contribution is -0.125. The van der Waals surface area contributed by atoms with Crippen molar-refractivity contribution in [2.24, 2.45) is 17.8 Å². The molecule has 3 atom stereocenters. The number of fused-ring (bicyclic) bond motifs is 1. The van der Waals surface area contributed by atoms with E-state index in [0.29, 0.717) is 29.7 Å². The van der Waals surface area contributed by atoms with E-state index in [9.17, 15) is 4.79 Å². The van der Waals surface area contributed by atoms with Crippen LogP contribution in [0.25, 0.3) is 11.4 Å². The molecule has 8 heteroatoms. The number of rotatable bonds is 5. The van der Waals surface area contributed by atoms with Gasteiger partial charge in [-0.05, 0) is 56.0 Å². The molecule has 154 valence electrons. The van der Waals surface area contributed by atoms with Crippen molar-refractivity contribution in [1.82, 2.24) is 20.4 Å². The molecule has 3 fully saturated rings. The second-order valence-electron chi connectivity index (χ2n) is 8.47. The number of aromatic nitrogens is 2. The number of amides is 1. The standard InChI is InChI=1S/C21H27N5O3/c1-25-11-16-17(12-25)18(16)22-20(27)14-7-9-26(10-8-14)21-23-19(24-29-21)13-3-5-15(28-2)6-4-13/h3-6,14,16-18H,7-12H2,1-2H3,(H,22,27)/t16-,17+,18?. The zero-order chi connectivity index (χ0) is 20.0. The highest BCUT2D eigenvalue weighted by atomic mass is 16.5. The molecule has 3 heterocycles. The van der Waals surface area contributed by atoms with E-state index in [0.717, 1.165) is 50.3 Å². The molecular formula is C21H27N5O3. The van der Waals surface area contributed by atoms with Gasteiger partial charge in [-0.3, -0.25) is 4.79 Å². The number of methoxy groups -OCH3 is 1. The number of nitrogens with one attached hydrogen (secondary N) is 1. The zero-order valence-electron chi connectivity index (χ0n) is 16.9. The van der Waals surface area contributed by atoms with Gasteiger partial charge in [-0.1, -0.05) is 5.16 Å². The average molecular weight is 397 g/mol. The molecule has 5 rings (SSSR count). The van der Waals surface area contributed by atoms with Gasteiger partial charge in [-0.2, -0.15) is 4.98 Å². The molecule has 3 aliphatic rings. The monoisotopic (exact) mass is 397 g/mol. The van der Waals surface area contributed by atoms with Gasteiger partial charge in [-0.25, -0.2) is 0 Å². The Kier molecular flexibility index (Phi) is 4.66. The number of carbonyl (C=O) groups is 1. The van der Waals surface area contributed by atoms with Crippen molar-refractivity contribution < 1.29 is 14.1 Å². The zero-order valence-corrected chi connectivity index (χ0v) is 16.9. The van der Waals surface area contributed by atoms with Gasteiger partial charge < -0.3 is 24.4 Å². The van der Waals surface area contributed by atoms with Crippen molar-refractivity contribution in [2.45, 2.75) is 18.9 Å². The minimum atomic E-state index is 0.0780.